The van der Waals surface area contributed by atoms with Crippen LogP contribution < -0.4 is 5.73 Å². The van der Waals surface area contributed by atoms with E-state index in [-0.39, 0.29) is 30.0 Å². The van der Waals surface area contributed by atoms with E-state index in [1.54, 1.807) is 37.8 Å². The van der Waals surface area contributed by atoms with Gasteiger partial charge in [-0.05, 0) is 166 Å². The molecule has 1 aliphatic carbocycles. The number of Topliss-reactive ketones (excluding diaryl/α,β-unsaturated/α-hetero) is 2. The smallest absolute Gasteiger partial charge is 0.295 e. The van der Waals surface area contributed by atoms with Crippen LogP contribution in [0.2, 0.25) is 0 Å². The maximum Gasteiger partial charge on any atom is 0.295 e. The van der Waals surface area contributed by atoms with Crippen molar-refractivity contribution in [3.8, 4) is 0 Å². The molecule has 0 aromatic rings. The number of unbranched alkanes of at least 4 members (excludes halogenated alkanes) is 1. The Labute approximate surface area is 432 Å². The molecule has 416 valence electrons. The van der Waals surface area contributed by atoms with Gasteiger partial charge in [0.2, 0.25) is 6.29 Å². The van der Waals surface area contributed by atoms with Crippen LogP contribution in [0.4, 0.5) is 0 Å². The van der Waals surface area contributed by atoms with E-state index in [9.17, 15) is 29.4 Å². The lowest BCUT2D eigenvalue weighted by atomic mass is 9.83. The lowest BCUT2D eigenvalue weighted by molar-refractivity contribution is -0.189. The normalized spacial score (nSPS) is 19.9. The van der Waals surface area contributed by atoms with Crippen molar-refractivity contribution in [2.45, 2.75) is 228 Å². The quantitative estimate of drug-likeness (QED) is 0.0155. The molecular formula is C55H108N2O12S. The zero-order valence-electron chi connectivity index (χ0n) is 47.2. The van der Waals surface area contributed by atoms with Gasteiger partial charge in [-0.2, -0.15) is 11.8 Å². The van der Waals surface area contributed by atoms with Gasteiger partial charge in [-0.1, -0.05) is 72.6 Å². The molecule has 0 aromatic heterocycles. The van der Waals surface area contributed by atoms with E-state index in [4.69, 9.17) is 29.2 Å². The van der Waals surface area contributed by atoms with E-state index in [0.29, 0.717) is 56.6 Å². The van der Waals surface area contributed by atoms with Gasteiger partial charge < -0.3 is 54.8 Å². The van der Waals surface area contributed by atoms with Crippen molar-refractivity contribution in [3.05, 3.63) is 23.3 Å². The number of rotatable bonds is 29. The second kappa shape index (κ2) is 49.0. The predicted octanol–water partition coefficient (Wildman–Crippen LogP) is 9.65. The largest absolute Gasteiger partial charge is 0.460 e. The first-order chi connectivity index (χ1) is 33.4. The van der Waals surface area contributed by atoms with Gasteiger partial charge in [0.15, 0.2) is 0 Å². The number of piperidine rings is 1. The van der Waals surface area contributed by atoms with Gasteiger partial charge in [0, 0.05) is 52.9 Å². The number of aliphatic hydroxyl groups is 4. The van der Waals surface area contributed by atoms with Crippen molar-refractivity contribution >= 4 is 35.7 Å². The average Bonchev–Trinajstić information content (AvgIpc) is 3.35. The zero-order chi connectivity index (χ0) is 54.6. The van der Waals surface area contributed by atoms with Gasteiger partial charge in [-0.3, -0.25) is 14.4 Å². The number of carbonyl (C=O) groups is 4. The number of hydrogen-bond donors (Lipinski definition) is 5. The summed E-state index contributed by atoms with van der Waals surface area (Å²) >= 11 is 1.77. The van der Waals surface area contributed by atoms with Gasteiger partial charge in [0.1, 0.15) is 11.9 Å². The summed E-state index contributed by atoms with van der Waals surface area (Å²) in [5.74, 6) is 0.568. The van der Waals surface area contributed by atoms with Crippen LogP contribution in [0.1, 0.15) is 185 Å². The molecule has 0 bridgehead atoms. The van der Waals surface area contributed by atoms with Crippen molar-refractivity contribution in [3.63, 3.8) is 0 Å². The summed E-state index contributed by atoms with van der Waals surface area (Å²) in [6.07, 6.45) is 17.8. The minimum atomic E-state index is -1.83. The minimum absolute atomic E-state index is 0.0325. The van der Waals surface area contributed by atoms with E-state index in [1.807, 2.05) is 47.8 Å². The lowest BCUT2D eigenvalue weighted by Crippen LogP contribution is -2.49. The minimum Gasteiger partial charge on any atom is -0.460 e. The second-order valence-electron chi connectivity index (χ2n) is 18.8. The fourth-order valence-corrected chi connectivity index (χ4v) is 9.10. The zero-order valence-corrected chi connectivity index (χ0v) is 48.0. The van der Waals surface area contributed by atoms with Crippen molar-refractivity contribution < 1.29 is 58.6 Å². The first-order valence-electron chi connectivity index (χ1n) is 26.4. The Morgan fingerprint density at radius 2 is 1.54 bits per heavy atom. The maximum absolute atomic E-state index is 13.0. The number of aliphatic hydroxyl groups excluding tert-OH is 4. The topological polar surface area (TPSA) is 215 Å². The van der Waals surface area contributed by atoms with Gasteiger partial charge >= 0.3 is 0 Å². The third kappa shape index (κ3) is 35.8. The molecule has 1 amide bonds. The first-order valence-corrected chi connectivity index (χ1v) is 27.8. The molecule has 15 heteroatoms. The van der Waals surface area contributed by atoms with E-state index >= 15 is 0 Å². The van der Waals surface area contributed by atoms with Crippen molar-refractivity contribution in [2.24, 2.45) is 29.4 Å². The fraction of sp³-hybridized carbons (Fsp3) is 0.855. The molecule has 0 aromatic carbocycles. The van der Waals surface area contributed by atoms with Crippen LogP contribution in [0.25, 0.3) is 0 Å². The molecule has 14 nitrogen and oxygen atoms in total. The lowest BCUT2D eigenvalue weighted by Gasteiger charge is -2.34. The molecule has 2 aliphatic rings. The molecular weight excluding hydrogens is 913 g/mol. The van der Waals surface area contributed by atoms with E-state index in [0.717, 1.165) is 108 Å². The molecule has 0 radical (unpaired) electrons. The van der Waals surface area contributed by atoms with Crippen LogP contribution in [0.15, 0.2) is 23.3 Å². The van der Waals surface area contributed by atoms with Gasteiger partial charge in [0.25, 0.3) is 18.2 Å². The molecule has 9 unspecified atom stereocenters. The Bertz CT molecular complexity index is 1330. The average molecular weight is 1020 g/mol. The molecule has 1 saturated carbocycles. The summed E-state index contributed by atoms with van der Waals surface area (Å²) < 4.78 is 22.8. The Balaban J connectivity index is -0.00000104. The highest BCUT2D eigenvalue weighted by Crippen LogP contribution is 2.31. The van der Waals surface area contributed by atoms with Crippen LogP contribution in [0.3, 0.4) is 0 Å². The summed E-state index contributed by atoms with van der Waals surface area (Å²) in [5.41, 5.74) is 6.75. The monoisotopic (exact) mass is 1020 g/mol. The third-order valence-corrected chi connectivity index (χ3v) is 13.1. The third-order valence-electron chi connectivity index (χ3n) is 12.4. The number of thioether (sulfide) groups is 1. The Morgan fingerprint density at radius 1 is 0.900 bits per heavy atom. The summed E-state index contributed by atoms with van der Waals surface area (Å²) in [7, 11) is 5.88. The number of ketones is 2. The molecule has 2 fully saturated rings. The Morgan fingerprint density at radius 3 is 2.03 bits per heavy atom. The Kier molecular flexibility index (Phi) is 52.0. The number of hydrogen-bond acceptors (Lipinski definition) is 14. The predicted molar refractivity (Wildman–Crippen MR) is 290 cm³/mol. The van der Waals surface area contributed by atoms with Crippen molar-refractivity contribution in [2.75, 3.05) is 53.5 Å². The molecule has 2 rings (SSSR count). The highest BCUT2D eigenvalue weighted by Gasteiger charge is 2.36. The second-order valence-corrected chi connectivity index (χ2v) is 19.8. The fourth-order valence-electron chi connectivity index (χ4n) is 8.68. The van der Waals surface area contributed by atoms with Crippen LogP contribution in [-0.4, -0.2) is 146 Å². The standard InChI is InChI=1S/C42H73NO9.C5H10O.C4H10OS.C2H6.CH5N.CH4O/c1-28(2)23-38(50-9)37(52-42(48)39(46)41(47)43-22-13-12-16-32(43)6)21-20-30(4)24-29(3)15-10-11-19-36(45)33(7)40(51-27-44)31(5)25-34-17-14-18-35(26-34)49-8;1-3-4-5(2)6;1-6-4-2-3-5;3*1-2/h15,25,27-28,30,32-38,40,42,45,48H,10-14,16-24,26H2,1-9H3;3-4H2,1-2H3;5H,2-4H2,1H3;1-2H3;2H2,1H3;2H,1H3/b29-15+,31-25+;;;;;/t30?,32?,33-,34?,35?,36?,37?,38?,40?,42?;;;;;/m1...../s1. The van der Waals surface area contributed by atoms with Crippen molar-refractivity contribution in [1.29, 1.82) is 0 Å². The molecule has 6 N–H and O–H groups in total. The van der Waals surface area contributed by atoms with Crippen LogP contribution in [0.5, 0.6) is 0 Å². The first kappa shape index (κ1) is 74.3. The van der Waals surface area contributed by atoms with Crippen molar-refractivity contribution in [1.82, 2.24) is 4.90 Å². The molecule has 70 heavy (non-hydrogen) atoms. The number of carbonyl (C=O) groups excluding carboxylic acids is 4. The molecule has 0 spiro atoms. The molecule has 1 aliphatic heterocycles. The molecule has 1 saturated heterocycles. The van der Waals surface area contributed by atoms with E-state index < -0.39 is 36.3 Å². The number of nitrogens with zero attached hydrogens (tertiary/aromatic N) is 1. The van der Waals surface area contributed by atoms with Gasteiger partial charge in [-0.25, -0.2) is 0 Å². The maximum atomic E-state index is 13.0. The van der Waals surface area contributed by atoms with Crippen LogP contribution in [0, 0.1) is 23.7 Å². The summed E-state index contributed by atoms with van der Waals surface area (Å²) in [5, 5.41) is 37.0. The number of methoxy groups -OCH3 is 2. The van der Waals surface area contributed by atoms with Crippen LogP contribution in [-0.2, 0) is 38.1 Å². The number of ether oxygens (including phenoxy) is 4. The molecule has 1 heterocycles. The van der Waals surface area contributed by atoms with E-state index in [1.165, 1.54) is 12.6 Å². The summed E-state index contributed by atoms with van der Waals surface area (Å²) in [4.78, 5) is 48.9. The Hall–Kier alpha value is -2.21. The number of allylic oxidation sites excluding steroid dienone is 3. The highest BCUT2D eigenvalue weighted by atomic mass is 32.2. The van der Waals surface area contributed by atoms with E-state index in [2.05, 4.69) is 45.6 Å². The number of nitrogens with two attached hydrogens (primary N) is 1. The van der Waals surface area contributed by atoms with Gasteiger partial charge in [-0.15, -0.1) is 0 Å². The number of likely N-dealkylation sites (tertiary alicyclic amines) is 1. The van der Waals surface area contributed by atoms with Gasteiger partial charge in [0.05, 0.1) is 24.4 Å². The highest BCUT2D eigenvalue weighted by molar-refractivity contribution is 7.98. The van der Waals surface area contributed by atoms with Crippen LogP contribution >= 0.6 is 11.8 Å². The summed E-state index contributed by atoms with van der Waals surface area (Å²) in [6, 6.07) is -0.0325. The summed E-state index contributed by atoms with van der Waals surface area (Å²) in [6.45, 7) is 23.3. The number of amides is 1. The SMILES string of the molecule is CC.CCCC(C)=O.CN.CO.COC1CCCC(/C=C(\C)C(OC=O)[C@H](C)C(O)CCC/C=C(\C)CC(C)CCC(OC(O)C(=O)C(=O)N2CCCCC2C)C(CC(C)C)OC)C1.CSCCCO. The molecule has 10 atom stereocenters.